The summed E-state index contributed by atoms with van der Waals surface area (Å²) in [5.74, 6) is 0. The van der Waals surface area contributed by atoms with E-state index in [-0.39, 0.29) is 6.03 Å². The first-order valence-corrected chi connectivity index (χ1v) is 6.79. The van der Waals surface area contributed by atoms with Crippen LogP contribution in [0.25, 0.3) is 0 Å². The van der Waals surface area contributed by atoms with Gasteiger partial charge in [0, 0.05) is 25.3 Å². The molecule has 1 fully saturated rings. The second-order valence-corrected chi connectivity index (χ2v) is 4.98. The third kappa shape index (κ3) is 2.26. The number of morpholine rings is 1. The topological polar surface area (TPSA) is 58.8 Å². The third-order valence-corrected chi connectivity index (χ3v) is 3.80. The van der Waals surface area contributed by atoms with Crippen molar-refractivity contribution in [2.24, 2.45) is 0 Å². The SMILES string of the molecule is Nc1cccc2c1CCCN2C(=O)N1CCOCC1. The quantitative estimate of drug-likeness (QED) is 0.720. The monoisotopic (exact) mass is 261 g/mol. The largest absolute Gasteiger partial charge is 0.398 e. The Bertz CT molecular complexity index is 484. The Morgan fingerprint density at radius 3 is 2.79 bits per heavy atom. The minimum atomic E-state index is 0.0786. The molecule has 0 saturated carbocycles. The van der Waals surface area contributed by atoms with Crippen LogP contribution in [0.3, 0.4) is 0 Å². The van der Waals surface area contributed by atoms with E-state index in [4.69, 9.17) is 10.5 Å². The second-order valence-electron chi connectivity index (χ2n) is 4.98. The van der Waals surface area contributed by atoms with Crippen LogP contribution in [0.1, 0.15) is 12.0 Å². The Hall–Kier alpha value is -1.75. The normalized spacial score (nSPS) is 19.2. The first-order chi connectivity index (χ1) is 9.27. The van der Waals surface area contributed by atoms with Gasteiger partial charge in [-0.15, -0.1) is 0 Å². The van der Waals surface area contributed by atoms with E-state index in [0.717, 1.165) is 36.3 Å². The average molecular weight is 261 g/mol. The highest BCUT2D eigenvalue weighted by molar-refractivity contribution is 5.94. The van der Waals surface area contributed by atoms with Gasteiger partial charge in [-0.05, 0) is 30.5 Å². The summed E-state index contributed by atoms with van der Waals surface area (Å²) >= 11 is 0. The molecule has 2 heterocycles. The molecule has 0 spiro atoms. The van der Waals surface area contributed by atoms with E-state index in [1.165, 1.54) is 0 Å². The molecule has 2 aliphatic heterocycles. The number of hydrogen-bond acceptors (Lipinski definition) is 3. The number of anilines is 2. The van der Waals surface area contributed by atoms with Crippen LogP contribution in [-0.2, 0) is 11.2 Å². The zero-order valence-electron chi connectivity index (χ0n) is 11.0. The molecular formula is C14H19N3O2. The number of urea groups is 1. The van der Waals surface area contributed by atoms with Crippen LogP contribution in [0.2, 0.25) is 0 Å². The number of fused-ring (bicyclic) bond motifs is 1. The van der Waals surface area contributed by atoms with E-state index in [2.05, 4.69) is 0 Å². The van der Waals surface area contributed by atoms with E-state index >= 15 is 0 Å². The van der Waals surface area contributed by atoms with Crippen molar-refractivity contribution in [2.75, 3.05) is 43.5 Å². The first-order valence-electron chi connectivity index (χ1n) is 6.79. The molecule has 0 aromatic heterocycles. The maximum Gasteiger partial charge on any atom is 0.324 e. The van der Waals surface area contributed by atoms with Crippen molar-refractivity contribution in [1.29, 1.82) is 0 Å². The maximum absolute atomic E-state index is 12.6. The summed E-state index contributed by atoms with van der Waals surface area (Å²) in [6.45, 7) is 3.37. The lowest BCUT2D eigenvalue weighted by Gasteiger charge is -2.36. The van der Waals surface area contributed by atoms with Gasteiger partial charge in [0.25, 0.3) is 0 Å². The van der Waals surface area contributed by atoms with Crippen molar-refractivity contribution in [1.82, 2.24) is 4.90 Å². The Balaban J connectivity index is 1.86. The first kappa shape index (κ1) is 12.3. The van der Waals surface area contributed by atoms with Crippen molar-refractivity contribution >= 4 is 17.4 Å². The van der Waals surface area contributed by atoms with Gasteiger partial charge in [0.15, 0.2) is 0 Å². The number of benzene rings is 1. The summed E-state index contributed by atoms with van der Waals surface area (Å²) < 4.78 is 5.29. The van der Waals surface area contributed by atoms with Crippen molar-refractivity contribution in [2.45, 2.75) is 12.8 Å². The molecule has 2 N–H and O–H groups in total. The standard InChI is InChI=1S/C14H19N3O2/c15-12-4-1-5-13-11(12)3-2-6-17(13)14(18)16-7-9-19-10-8-16/h1,4-5H,2-3,6-10,15H2. The molecule has 102 valence electrons. The van der Waals surface area contributed by atoms with E-state index in [1.54, 1.807) is 0 Å². The van der Waals surface area contributed by atoms with Crippen molar-refractivity contribution in [3.63, 3.8) is 0 Å². The van der Waals surface area contributed by atoms with E-state index in [0.29, 0.717) is 26.3 Å². The van der Waals surface area contributed by atoms with Crippen molar-refractivity contribution in [3.05, 3.63) is 23.8 Å². The maximum atomic E-state index is 12.6. The molecule has 5 nitrogen and oxygen atoms in total. The summed E-state index contributed by atoms with van der Waals surface area (Å²) in [5.41, 5.74) is 8.88. The molecule has 0 bridgehead atoms. The number of carbonyl (C=O) groups excluding carboxylic acids is 1. The van der Waals surface area contributed by atoms with Gasteiger partial charge in [0.05, 0.1) is 18.9 Å². The number of nitrogens with two attached hydrogens (primary N) is 1. The molecule has 19 heavy (non-hydrogen) atoms. The summed E-state index contributed by atoms with van der Waals surface area (Å²) in [5, 5.41) is 0. The van der Waals surface area contributed by atoms with Crippen LogP contribution >= 0.6 is 0 Å². The Morgan fingerprint density at radius 2 is 2.00 bits per heavy atom. The number of ether oxygens (including phenoxy) is 1. The number of nitrogen functional groups attached to an aromatic ring is 1. The zero-order valence-corrected chi connectivity index (χ0v) is 11.0. The highest BCUT2D eigenvalue weighted by Gasteiger charge is 2.28. The van der Waals surface area contributed by atoms with E-state index < -0.39 is 0 Å². The molecule has 1 aromatic rings. The van der Waals surface area contributed by atoms with Gasteiger partial charge in [-0.2, -0.15) is 0 Å². The minimum absolute atomic E-state index is 0.0786. The fourth-order valence-corrected chi connectivity index (χ4v) is 2.78. The zero-order chi connectivity index (χ0) is 13.2. The number of carbonyl (C=O) groups is 1. The van der Waals surface area contributed by atoms with Crippen LogP contribution in [0.5, 0.6) is 0 Å². The number of rotatable bonds is 0. The van der Waals surface area contributed by atoms with Crippen molar-refractivity contribution < 1.29 is 9.53 Å². The molecule has 1 saturated heterocycles. The molecule has 3 rings (SSSR count). The third-order valence-electron chi connectivity index (χ3n) is 3.80. The number of hydrogen-bond donors (Lipinski definition) is 1. The fraction of sp³-hybridized carbons (Fsp3) is 0.500. The second kappa shape index (κ2) is 5.09. The Kier molecular flexibility index (Phi) is 3.29. The summed E-state index contributed by atoms with van der Waals surface area (Å²) in [4.78, 5) is 16.3. The Labute approximate surface area is 112 Å². The van der Waals surface area contributed by atoms with Gasteiger partial charge >= 0.3 is 6.03 Å². The highest BCUT2D eigenvalue weighted by atomic mass is 16.5. The van der Waals surface area contributed by atoms with Gasteiger partial charge in [-0.25, -0.2) is 4.79 Å². The molecule has 0 atom stereocenters. The Morgan fingerprint density at radius 1 is 1.21 bits per heavy atom. The fourth-order valence-electron chi connectivity index (χ4n) is 2.78. The van der Waals surface area contributed by atoms with Crippen LogP contribution in [-0.4, -0.2) is 43.8 Å². The van der Waals surface area contributed by atoms with Gasteiger partial charge < -0.3 is 15.4 Å². The predicted molar refractivity (Wildman–Crippen MR) is 74.3 cm³/mol. The van der Waals surface area contributed by atoms with Crippen molar-refractivity contribution in [3.8, 4) is 0 Å². The summed E-state index contributed by atoms with van der Waals surface area (Å²) in [6, 6.07) is 5.89. The number of amides is 2. The highest BCUT2D eigenvalue weighted by Crippen LogP contribution is 2.31. The molecule has 2 amide bonds. The van der Waals surface area contributed by atoms with E-state index in [9.17, 15) is 4.79 Å². The smallest absolute Gasteiger partial charge is 0.324 e. The minimum Gasteiger partial charge on any atom is -0.398 e. The molecule has 0 radical (unpaired) electrons. The summed E-state index contributed by atoms with van der Waals surface area (Å²) in [7, 11) is 0. The summed E-state index contributed by atoms with van der Waals surface area (Å²) in [6.07, 6.45) is 1.92. The molecule has 5 heteroatoms. The molecule has 0 aliphatic carbocycles. The number of nitrogens with zero attached hydrogens (tertiary/aromatic N) is 2. The van der Waals surface area contributed by atoms with Crippen LogP contribution in [0.4, 0.5) is 16.2 Å². The molecule has 2 aliphatic rings. The molecular weight excluding hydrogens is 242 g/mol. The lowest BCUT2D eigenvalue weighted by Crippen LogP contribution is -2.49. The van der Waals surface area contributed by atoms with Crippen LogP contribution in [0, 0.1) is 0 Å². The molecule has 0 unspecified atom stereocenters. The van der Waals surface area contributed by atoms with Gasteiger partial charge in [0.2, 0.25) is 0 Å². The van der Waals surface area contributed by atoms with Gasteiger partial charge in [-0.3, -0.25) is 4.90 Å². The molecule has 1 aromatic carbocycles. The van der Waals surface area contributed by atoms with Crippen LogP contribution in [0.15, 0.2) is 18.2 Å². The lowest BCUT2D eigenvalue weighted by molar-refractivity contribution is 0.0548. The van der Waals surface area contributed by atoms with Crippen LogP contribution < -0.4 is 10.6 Å². The lowest BCUT2D eigenvalue weighted by atomic mass is 10.0. The van der Waals surface area contributed by atoms with E-state index in [1.807, 2.05) is 28.0 Å². The predicted octanol–water partition coefficient (Wildman–Crippen LogP) is 1.47. The van der Waals surface area contributed by atoms with Gasteiger partial charge in [0.1, 0.15) is 0 Å². The average Bonchev–Trinajstić information content (AvgIpc) is 2.47. The van der Waals surface area contributed by atoms with Gasteiger partial charge in [-0.1, -0.05) is 6.07 Å².